The van der Waals surface area contributed by atoms with Gasteiger partial charge in [-0.3, -0.25) is 0 Å². The summed E-state index contributed by atoms with van der Waals surface area (Å²) in [6.45, 7) is 0. The number of ether oxygens (including phenoxy) is 1. The van der Waals surface area contributed by atoms with Crippen LogP contribution >= 0.6 is 11.6 Å². The van der Waals surface area contributed by atoms with Gasteiger partial charge in [0.15, 0.2) is 5.15 Å². The second-order valence-corrected chi connectivity index (χ2v) is 3.30. The fraction of sp³-hybridized carbons (Fsp3) is 0. The zero-order valence-electron chi connectivity index (χ0n) is 8.02. The lowest BCUT2D eigenvalue weighted by Gasteiger charge is -2.06. The SMILES string of the molecule is Nc1c(Cl)ncnc1Oc1ccc(F)cc1. The summed E-state index contributed by atoms with van der Waals surface area (Å²) in [7, 11) is 0. The van der Waals surface area contributed by atoms with Gasteiger partial charge >= 0.3 is 0 Å². The molecule has 0 unspecified atom stereocenters. The Labute approximate surface area is 95.9 Å². The van der Waals surface area contributed by atoms with Crippen LogP contribution in [0.1, 0.15) is 0 Å². The molecule has 1 heterocycles. The minimum Gasteiger partial charge on any atom is -0.437 e. The third-order valence-electron chi connectivity index (χ3n) is 1.83. The zero-order chi connectivity index (χ0) is 11.5. The van der Waals surface area contributed by atoms with Crippen molar-refractivity contribution < 1.29 is 9.13 Å². The van der Waals surface area contributed by atoms with Crippen molar-refractivity contribution in [1.29, 1.82) is 0 Å². The van der Waals surface area contributed by atoms with Crippen molar-refractivity contribution in [1.82, 2.24) is 9.97 Å². The van der Waals surface area contributed by atoms with Crippen molar-refractivity contribution in [3.8, 4) is 11.6 Å². The number of hydrogen-bond donors (Lipinski definition) is 1. The van der Waals surface area contributed by atoms with Gasteiger partial charge in [-0.25, -0.2) is 9.37 Å². The lowest BCUT2D eigenvalue weighted by Crippen LogP contribution is -1.97. The first kappa shape index (κ1) is 10.6. The molecule has 0 aliphatic carbocycles. The summed E-state index contributed by atoms with van der Waals surface area (Å²) in [5.74, 6) is 0.218. The summed E-state index contributed by atoms with van der Waals surface area (Å²) in [5.41, 5.74) is 5.75. The molecule has 0 saturated heterocycles. The molecule has 0 spiro atoms. The molecule has 2 aromatic rings. The second-order valence-electron chi connectivity index (χ2n) is 2.94. The minimum absolute atomic E-state index is 0.118. The van der Waals surface area contributed by atoms with E-state index in [-0.39, 0.29) is 22.5 Å². The maximum absolute atomic E-state index is 12.6. The summed E-state index contributed by atoms with van der Waals surface area (Å²) in [6, 6.07) is 5.47. The highest BCUT2D eigenvalue weighted by atomic mass is 35.5. The number of benzene rings is 1. The Balaban J connectivity index is 2.27. The summed E-state index contributed by atoms with van der Waals surface area (Å²) < 4.78 is 18.0. The molecule has 0 amide bonds. The van der Waals surface area contributed by atoms with Crippen molar-refractivity contribution in [3.63, 3.8) is 0 Å². The predicted octanol–water partition coefficient (Wildman–Crippen LogP) is 2.64. The maximum atomic E-state index is 12.6. The van der Waals surface area contributed by atoms with Crippen LogP contribution in [0.15, 0.2) is 30.6 Å². The van der Waals surface area contributed by atoms with Gasteiger partial charge in [-0.1, -0.05) is 11.6 Å². The van der Waals surface area contributed by atoms with E-state index in [1.807, 2.05) is 0 Å². The van der Waals surface area contributed by atoms with Crippen LogP contribution < -0.4 is 10.5 Å². The van der Waals surface area contributed by atoms with Gasteiger partial charge in [-0.2, -0.15) is 4.98 Å². The molecule has 0 atom stereocenters. The third kappa shape index (κ3) is 2.20. The summed E-state index contributed by atoms with van der Waals surface area (Å²) in [4.78, 5) is 7.50. The van der Waals surface area contributed by atoms with Crippen molar-refractivity contribution in [3.05, 3.63) is 41.6 Å². The Bertz CT molecular complexity index is 504. The van der Waals surface area contributed by atoms with Gasteiger partial charge < -0.3 is 10.5 Å². The molecule has 82 valence electrons. The van der Waals surface area contributed by atoms with E-state index >= 15 is 0 Å². The second kappa shape index (κ2) is 4.32. The van der Waals surface area contributed by atoms with E-state index in [4.69, 9.17) is 22.1 Å². The topological polar surface area (TPSA) is 61.0 Å². The molecule has 0 fully saturated rings. The number of nitrogens with zero attached hydrogens (tertiary/aromatic N) is 2. The average Bonchev–Trinajstić information content (AvgIpc) is 2.28. The van der Waals surface area contributed by atoms with Crippen LogP contribution in [-0.4, -0.2) is 9.97 Å². The summed E-state index contributed by atoms with van der Waals surface area (Å²) >= 11 is 5.69. The average molecular weight is 240 g/mol. The van der Waals surface area contributed by atoms with Crippen LogP contribution in [0, 0.1) is 5.82 Å². The van der Waals surface area contributed by atoms with Crippen molar-refractivity contribution >= 4 is 17.3 Å². The van der Waals surface area contributed by atoms with Gasteiger partial charge in [0.1, 0.15) is 23.6 Å². The van der Waals surface area contributed by atoms with Gasteiger partial charge in [-0.05, 0) is 24.3 Å². The molecule has 0 saturated carbocycles. The lowest BCUT2D eigenvalue weighted by atomic mass is 10.3. The van der Waals surface area contributed by atoms with Crippen LogP contribution in [0.25, 0.3) is 0 Å². The molecule has 2 rings (SSSR count). The Morgan fingerprint density at radius 1 is 1.19 bits per heavy atom. The predicted molar refractivity (Wildman–Crippen MR) is 57.9 cm³/mol. The van der Waals surface area contributed by atoms with Crippen LogP contribution in [0.5, 0.6) is 11.6 Å². The molecule has 2 N–H and O–H groups in total. The standard InChI is InChI=1S/C10H7ClFN3O/c11-9-8(13)10(15-5-14-9)16-7-3-1-6(12)2-4-7/h1-5H,13H2. The molecule has 4 nitrogen and oxygen atoms in total. The monoisotopic (exact) mass is 239 g/mol. The molecule has 16 heavy (non-hydrogen) atoms. The van der Waals surface area contributed by atoms with E-state index in [1.54, 1.807) is 0 Å². The van der Waals surface area contributed by atoms with E-state index in [0.717, 1.165) is 0 Å². The first-order valence-electron chi connectivity index (χ1n) is 4.36. The first-order chi connectivity index (χ1) is 7.66. The smallest absolute Gasteiger partial charge is 0.247 e. The van der Waals surface area contributed by atoms with Gasteiger partial charge in [0.25, 0.3) is 0 Å². The highest BCUT2D eigenvalue weighted by Crippen LogP contribution is 2.28. The Morgan fingerprint density at radius 3 is 2.56 bits per heavy atom. The van der Waals surface area contributed by atoms with E-state index in [0.29, 0.717) is 5.75 Å². The molecular weight excluding hydrogens is 233 g/mol. The highest BCUT2D eigenvalue weighted by molar-refractivity contribution is 6.32. The first-order valence-corrected chi connectivity index (χ1v) is 4.74. The van der Waals surface area contributed by atoms with Gasteiger partial charge in [0.2, 0.25) is 5.88 Å². The van der Waals surface area contributed by atoms with Crippen LogP contribution in [0.3, 0.4) is 0 Å². The normalized spacial score (nSPS) is 10.1. The van der Waals surface area contributed by atoms with E-state index < -0.39 is 0 Å². The largest absolute Gasteiger partial charge is 0.437 e. The fourth-order valence-corrected chi connectivity index (χ4v) is 1.18. The molecule has 0 aliphatic rings. The molecule has 0 bridgehead atoms. The number of rotatable bonds is 2. The molecular formula is C10H7ClFN3O. The number of aromatic nitrogens is 2. The Kier molecular flexibility index (Phi) is 2.87. The minimum atomic E-state index is -0.346. The van der Waals surface area contributed by atoms with E-state index in [9.17, 15) is 4.39 Å². The lowest BCUT2D eigenvalue weighted by molar-refractivity contribution is 0.462. The molecule has 1 aromatic carbocycles. The van der Waals surface area contributed by atoms with E-state index in [2.05, 4.69) is 9.97 Å². The van der Waals surface area contributed by atoms with Crippen molar-refractivity contribution in [2.24, 2.45) is 0 Å². The quantitative estimate of drug-likeness (QED) is 0.819. The van der Waals surface area contributed by atoms with Gasteiger partial charge in [-0.15, -0.1) is 0 Å². The summed E-state index contributed by atoms with van der Waals surface area (Å²) in [5, 5.41) is 0.118. The zero-order valence-corrected chi connectivity index (χ0v) is 8.78. The number of anilines is 1. The van der Waals surface area contributed by atoms with Crippen LogP contribution in [0.4, 0.5) is 10.1 Å². The number of hydrogen-bond acceptors (Lipinski definition) is 4. The number of nitrogens with two attached hydrogens (primary N) is 1. The van der Waals surface area contributed by atoms with Gasteiger partial charge in [0.05, 0.1) is 0 Å². The molecule has 0 radical (unpaired) electrons. The van der Waals surface area contributed by atoms with Gasteiger partial charge in [0, 0.05) is 0 Å². The maximum Gasteiger partial charge on any atom is 0.247 e. The third-order valence-corrected chi connectivity index (χ3v) is 2.13. The highest BCUT2D eigenvalue weighted by Gasteiger charge is 2.08. The molecule has 0 aliphatic heterocycles. The van der Waals surface area contributed by atoms with Crippen LogP contribution in [-0.2, 0) is 0 Å². The number of nitrogen functional groups attached to an aromatic ring is 1. The Morgan fingerprint density at radius 2 is 1.88 bits per heavy atom. The Hall–Kier alpha value is -1.88. The van der Waals surface area contributed by atoms with E-state index in [1.165, 1.54) is 30.6 Å². The number of halogens is 2. The van der Waals surface area contributed by atoms with Crippen molar-refractivity contribution in [2.45, 2.75) is 0 Å². The molecule has 1 aromatic heterocycles. The fourth-order valence-electron chi connectivity index (χ4n) is 1.05. The summed E-state index contributed by atoms with van der Waals surface area (Å²) in [6.07, 6.45) is 1.23. The van der Waals surface area contributed by atoms with Crippen LogP contribution in [0.2, 0.25) is 5.15 Å². The molecule has 6 heteroatoms. The van der Waals surface area contributed by atoms with Crippen molar-refractivity contribution in [2.75, 3.05) is 5.73 Å².